The lowest BCUT2D eigenvalue weighted by Crippen LogP contribution is -2.42. The van der Waals surface area contributed by atoms with Crippen LogP contribution >= 0.6 is 0 Å². The van der Waals surface area contributed by atoms with Crippen molar-refractivity contribution in [2.45, 2.75) is 25.8 Å². The van der Waals surface area contributed by atoms with Crippen LogP contribution in [0.15, 0.2) is 6.20 Å². The summed E-state index contributed by atoms with van der Waals surface area (Å²) in [6, 6.07) is 0. The summed E-state index contributed by atoms with van der Waals surface area (Å²) in [5.74, 6) is 0.259. The minimum absolute atomic E-state index is 0.270. The molecule has 3 rings (SSSR count). The van der Waals surface area contributed by atoms with Crippen LogP contribution in [0.1, 0.15) is 29.8 Å². The number of carbonyl (C=O) groups excluding carboxylic acids is 2. The Hall–Kier alpha value is -2.16. The molecule has 2 saturated heterocycles. The van der Waals surface area contributed by atoms with Crippen LogP contribution in [0.3, 0.4) is 0 Å². The highest BCUT2D eigenvalue weighted by Gasteiger charge is 2.20. The number of nitrogens with one attached hydrogen (secondary N) is 2. The third-order valence-electron chi connectivity index (χ3n) is 4.34. The number of ether oxygens (including phenoxy) is 1. The second kappa shape index (κ2) is 8.09. The summed E-state index contributed by atoms with van der Waals surface area (Å²) in [6.45, 7) is 4.77. The Morgan fingerprint density at radius 1 is 1.46 bits per heavy atom. The minimum Gasteiger partial charge on any atom is -0.449 e. The van der Waals surface area contributed by atoms with Gasteiger partial charge in [0.05, 0.1) is 12.8 Å². The summed E-state index contributed by atoms with van der Waals surface area (Å²) in [5.41, 5.74) is 0.306. The van der Waals surface area contributed by atoms with Gasteiger partial charge in [-0.25, -0.2) is 4.79 Å². The fraction of sp³-hybridized carbons (Fsp3) is 0.733. The van der Waals surface area contributed by atoms with Gasteiger partial charge in [-0.05, 0) is 38.3 Å². The molecule has 0 bridgehead atoms. The average Bonchev–Trinajstić information content (AvgIpc) is 3.06. The van der Waals surface area contributed by atoms with Crippen LogP contribution in [-0.2, 0) is 11.3 Å². The Morgan fingerprint density at radius 2 is 2.38 bits per heavy atom. The number of cyclic esters (lactones) is 1. The third-order valence-corrected chi connectivity index (χ3v) is 4.34. The third kappa shape index (κ3) is 4.44. The summed E-state index contributed by atoms with van der Waals surface area (Å²) in [5, 5.41) is 14.1. The number of carbonyl (C=O) groups is 2. The van der Waals surface area contributed by atoms with E-state index in [-0.39, 0.29) is 12.0 Å². The van der Waals surface area contributed by atoms with Crippen LogP contribution in [-0.4, -0.2) is 71.2 Å². The number of rotatable bonds is 6. The first-order valence-electron chi connectivity index (χ1n) is 8.53. The van der Waals surface area contributed by atoms with Crippen LogP contribution in [0, 0.1) is 5.92 Å². The van der Waals surface area contributed by atoms with Gasteiger partial charge in [0.25, 0.3) is 5.91 Å². The van der Waals surface area contributed by atoms with E-state index >= 15 is 0 Å². The molecular weight excluding hydrogens is 312 g/mol. The minimum atomic E-state index is -0.317. The number of nitrogens with zero attached hydrogens (tertiary/aromatic N) is 4. The number of piperidine rings is 1. The van der Waals surface area contributed by atoms with Crippen molar-refractivity contribution in [1.29, 1.82) is 0 Å². The lowest BCUT2D eigenvalue weighted by Gasteiger charge is -2.26. The normalized spacial score (nSPS) is 21.4. The Morgan fingerprint density at radius 3 is 3.17 bits per heavy atom. The van der Waals surface area contributed by atoms with Gasteiger partial charge in [-0.2, -0.15) is 0 Å². The predicted molar refractivity (Wildman–Crippen MR) is 85.5 cm³/mol. The highest BCUT2D eigenvalue weighted by Crippen LogP contribution is 2.12. The van der Waals surface area contributed by atoms with Gasteiger partial charge >= 0.3 is 6.09 Å². The van der Waals surface area contributed by atoms with Gasteiger partial charge in [0.2, 0.25) is 0 Å². The summed E-state index contributed by atoms with van der Waals surface area (Å²) in [6.07, 6.45) is 4.53. The van der Waals surface area contributed by atoms with E-state index in [1.54, 1.807) is 15.8 Å². The molecule has 9 heteroatoms. The monoisotopic (exact) mass is 336 g/mol. The van der Waals surface area contributed by atoms with Crippen molar-refractivity contribution in [2.75, 3.05) is 39.3 Å². The molecule has 132 valence electrons. The maximum Gasteiger partial charge on any atom is 0.409 e. The maximum absolute atomic E-state index is 12.1. The second-order valence-electron chi connectivity index (χ2n) is 6.25. The van der Waals surface area contributed by atoms with Crippen molar-refractivity contribution in [1.82, 2.24) is 30.5 Å². The summed E-state index contributed by atoms with van der Waals surface area (Å²) >= 11 is 0. The van der Waals surface area contributed by atoms with Crippen molar-refractivity contribution >= 4 is 12.0 Å². The molecule has 24 heavy (non-hydrogen) atoms. The highest BCUT2D eigenvalue weighted by atomic mass is 16.6. The molecule has 0 spiro atoms. The Bertz CT molecular complexity index is 569. The zero-order valence-electron chi connectivity index (χ0n) is 13.7. The molecule has 1 atom stereocenters. The molecule has 2 fully saturated rings. The number of hydrogen-bond donors (Lipinski definition) is 2. The molecule has 0 saturated carbocycles. The first kappa shape index (κ1) is 16.7. The van der Waals surface area contributed by atoms with E-state index < -0.39 is 0 Å². The molecule has 0 radical (unpaired) electrons. The average molecular weight is 336 g/mol. The zero-order chi connectivity index (χ0) is 16.8. The zero-order valence-corrected chi connectivity index (χ0v) is 13.7. The Labute approximate surface area is 140 Å². The SMILES string of the molecule is O=C(NCCN1CCCOC1=O)c1cn(CC2CCCNC2)nn1. The second-order valence-corrected chi connectivity index (χ2v) is 6.25. The summed E-state index contributed by atoms with van der Waals surface area (Å²) < 4.78 is 6.68. The first-order chi connectivity index (χ1) is 11.7. The van der Waals surface area contributed by atoms with Gasteiger partial charge in [0, 0.05) is 26.2 Å². The van der Waals surface area contributed by atoms with E-state index in [1.165, 1.54) is 12.8 Å². The quantitative estimate of drug-likeness (QED) is 0.749. The molecule has 1 aromatic rings. The molecule has 1 aromatic heterocycles. The van der Waals surface area contributed by atoms with Crippen molar-refractivity contribution in [2.24, 2.45) is 5.92 Å². The van der Waals surface area contributed by atoms with Gasteiger partial charge < -0.3 is 20.3 Å². The van der Waals surface area contributed by atoms with Crippen molar-refractivity contribution in [3.63, 3.8) is 0 Å². The van der Waals surface area contributed by atoms with Gasteiger partial charge in [0.1, 0.15) is 0 Å². The molecule has 2 aliphatic heterocycles. The van der Waals surface area contributed by atoms with Crippen molar-refractivity contribution < 1.29 is 14.3 Å². The fourth-order valence-electron chi connectivity index (χ4n) is 3.03. The topological polar surface area (TPSA) is 101 Å². The van der Waals surface area contributed by atoms with E-state index in [0.29, 0.717) is 37.9 Å². The number of aromatic nitrogens is 3. The van der Waals surface area contributed by atoms with Crippen LogP contribution in [0.4, 0.5) is 4.79 Å². The molecule has 1 unspecified atom stereocenters. The lowest BCUT2D eigenvalue weighted by molar-refractivity contribution is 0.0719. The van der Waals surface area contributed by atoms with E-state index in [0.717, 1.165) is 26.1 Å². The Balaban J connectivity index is 1.42. The molecule has 2 N–H and O–H groups in total. The molecule has 2 amide bonds. The summed E-state index contributed by atoms with van der Waals surface area (Å²) in [4.78, 5) is 25.2. The predicted octanol–water partition coefficient (Wildman–Crippen LogP) is -0.150. The smallest absolute Gasteiger partial charge is 0.409 e. The van der Waals surface area contributed by atoms with Crippen LogP contribution in [0.5, 0.6) is 0 Å². The maximum atomic E-state index is 12.1. The van der Waals surface area contributed by atoms with E-state index in [1.807, 2.05) is 0 Å². The molecule has 3 heterocycles. The first-order valence-corrected chi connectivity index (χ1v) is 8.53. The molecule has 0 aliphatic carbocycles. The van der Waals surface area contributed by atoms with Crippen LogP contribution in [0.25, 0.3) is 0 Å². The number of amides is 2. The highest BCUT2D eigenvalue weighted by molar-refractivity contribution is 5.91. The van der Waals surface area contributed by atoms with Gasteiger partial charge in [-0.1, -0.05) is 5.21 Å². The van der Waals surface area contributed by atoms with Gasteiger partial charge in [-0.3, -0.25) is 9.48 Å². The molecule has 2 aliphatic rings. The number of hydrogen-bond acceptors (Lipinski definition) is 6. The van der Waals surface area contributed by atoms with Gasteiger partial charge in [-0.15, -0.1) is 5.10 Å². The standard InChI is InChI=1S/C15H24N6O3/c22-14(17-5-7-20-6-2-8-24-15(20)23)13-11-21(19-18-13)10-12-3-1-4-16-9-12/h11-12,16H,1-10H2,(H,17,22). The van der Waals surface area contributed by atoms with Gasteiger partial charge in [0.15, 0.2) is 5.69 Å². The Kier molecular flexibility index (Phi) is 5.63. The molecule has 0 aromatic carbocycles. The van der Waals surface area contributed by atoms with E-state index in [2.05, 4.69) is 20.9 Å². The van der Waals surface area contributed by atoms with Crippen LogP contribution in [0.2, 0.25) is 0 Å². The molecular formula is C15H24N6O3. The van der Waals surface area contributed by atoms with Crippen molar-refractivity contribution in [3.8, 4) is 0 Å². The van der Waals surface area contributed by atoms with Crippen LogP contribution < -0.4 is 10.6 Å². The lowest BCUT2D eigenvalue weighted by atomic mass is 10.00. The molecule has 9 nitrogen and oxygen atoms in total. The van der Waals surface area contributed by atoms with E-state index in [4.69, 9.17) is 4.74 Å². The van der Waals surface area contributed by atoms with E-state index in [9.17, 15) is 9.59 Å². The largest absolute Gasteiger partial charge is 0.449 e. The summed E-state index contributed by atoms with van der Waals surface area (Å²) in [7, 11) is 0. The van der Waals surface area contributed by atoms with Crippen molar-refractivity contribution in [3.05, 3.63) is 11.9 Å². The fourth-order valence-corrected chi connectivity index (χ4v) is 3.03.